The van der Waals surface area contributed by atoms with Crippen LogP contribution in [0.3, 0.4) is 0 Å². The molecule has 1 amide bonds. The normalized spacial score (nSPS) is 10.9. The molecule has 2 aromatic carbocycles. The Hall–Kier alpha value is -3.12. The highest BCUT2D eigenvalue weighted by Gasteiger charge is 2.11. The lowest BCUT2D eigenvalue weighted by molar-refractivity contribution is 0.152. The average molecular weight is 383 g/mol. The molecule has 1 heterocycles. The minimum absolute atomic E-state index is 0.284. The number of hydrogen-bond donors (Lipinski definition) is 1. The molecule has 0 aliphatic carbocycles. The average Bonchev–Trinajstić information content (AvgIpc) is 3.07. The first-order chi connectivity index (χ1) is 13.2. The van der Waals surface area contributed by atoms with Gasteiger partial charge in [-0.1, -0.05) is 60.1 Å². The molecule has 7 heteroatoms. The fourth-order valence-electron chi connectivity index (χ4n) is 2.55. The number of halogens is 1. The van der Waals surface area contributed by atoms with Gasteiger partial charge in [-0.2, -0.15) is 10.2 Å². The largest absolute Gasteiger partial charge is 0.449 e. The standard InChI is InChI=1S/C20H19ClN4O2/c1-2-27-20(26)23-22-12-17-14-25(13-16-10-6-7-11-18(16)21)24-19(17)15-8-4-3-5-9-15/h3-12,14H,2,13H2,1H3,(H,23,26)/b22-12-. The van der Waals surface area contributed by atoms with Crippen LogP contribution in [0.25, 0.3) is 11.3 Å². The van der Waals surface area contributed by atoms with Crippen LogP contribution in [0.5, 0.6) is 0 Å². The molecule has 0 saturated heterocycles. The van der Waals surface area contributed by atoms with Gasteiger partial charge >= 0.3 is 6.09 Å². The summed E-state index contributed by atoms with van der Waals surface area (Å²) < 4.78 is 6.59. The fourth-order valence-corrected chi connectivity index (χ4v) is 2.75. The summed E-state index contributed by atoms with van der Waals surface area (Å²) in [6.07, 6.45) is 2.82. The Kier molecular flexibility index (Phi) is 6.22. The second-order valence-corrected chi connectivity index (χ2v) is 6.09. The molecule has 1 aromatic heterocycles. The molecule has 1 N–H and O–H groups in total. The molecule has 3 rings (SSSR count). The minimum atomic E-state index is -0.599. The van der Waals surface area contributed by atoms with Crippen LogP contribution in [-0.4, -0.2) is 28.7 Å². The molecule has 0 aliphatic heterocycles. The Bertz CT molecular complexity index is 938. The number of benzene rings is 2. The highest BCUT2D eigenvalue weighted by atomic mass is 35.5. The maximum atomic E-state index is 11.4. The van der Waals surface area contributed by atoms with Gasteiger partial charge in [0.15, 0.2) is 0 Å². The second kappa shape index (κ2) is 9.00. The van der Waals surface area contributed by atoms with Crippen LogP contribution in [0.15, 0.2) is 65.9 Å². The Morgan fingerprint density at radius 2 is 1.96 bits per heavy atom. The molecule has 0 aliphatic rings. The lowest BCUT2D eigenvalue weighted by Gasteiger charge is -2.04. The molecule has 0 radical (unpaired) electrons. The van der Waals surface area contributed by atoms with E-state index in [9.17, 15) is 4.79 Å². The van der Waals surface area contributed by atoms with Gasteiger partial charge in [0, 0.05) is 22.3 Å². The number of hydrazone groups is 1. The second-order valence-electron chi connectivity index (χ2n) is 5.68. The number of rotatable bonds is 6. The van der Waals surface area contributed by atoms with Crippen molar-refractivity contribution >= 4 is 23.9 Å². The third kappa shape index (κ3) is 4.95. The van der Waals surface area contributed by atoms with E-state index >= 15 is 0 Å². The summed E-state index contributed by atoms with van der Waals surface area (Å²) in [6, 6.07) is 17.4. The molecule has 27 heavy (non-hydrogen) atoms. The molecule has 0 fully saturated rings. The number of ether oxygens (including phenoxy) is 1. The first kappa shape index (κ1) is 18.7. The van der Waals surface area contributed by atoms with E-state index in [1.54, 1.807) is 17.8 Å². The molecular weight excluding hydrogens is 364 g/mol. The maximum Gasteiger partial charge on any atom is 0.427 e. The summed E-state index contributed by atoms with van der Waals surface area (Å²) in [6.45, 7) is 2.54. The topological polar surface area (TPSA) is 68.5 Å². The summed E-state index contributed by atoms with van der Waals surface area (Å²) in [7, 11) is 0. The first-order valence-corrected chi connectivity index (χ1v) is 8.87. The first-order valence-electron chi connectivity index (χ1n) is 8.49. The third-order valence-corrected chi connectivity index (χ3v) is 4.13. The van der Waals surface area contributed by atoms with Gasteiger partial charge in [0.25, 0.3) is 0 Å². The predicted molar refractivity (Wildman–Crippen MR) is 106 cm³/mol. The molecule has 0 bridgehead atoms. The van der Waals surface area contributed by atoms with E-state index in [0.717, 1.165) is 22.4 Å². The Morgan fingerprint density at radius 1 is 1.22 bits per heavy atom. The minimum Gasteiger partial charge on any atom is -0.449 e. The van der Waals surface area contributed by atoms with Crippen LogP contribution in [0.2, 0.25) is 5.02 Å². The van der Waals surface area contributed by atoms with E-state index in [0.29, 0.717) is 11.6 Å². The van der Waals surface area contributed by atoms with Crippen molar-refractivity contribution in [1.29, 1.82) is 0 Å². The number of nitrogens with zero attached hydrogens (tertiary/aromatic N) is 3. The van der Waals surface area contributed by atoms with Crippen molar-refractivity contribution in [3.8, 4) is 11.3 Å². The molecule has 0 spiro atoms. The Morgan fingerprint density at radius 3 is 2.70 bits per heavy atom. The van der Waals surface area contributed by atoms with Crippen molar-refractivity contribution in [3.63, 3.8) is 0 Å². The van der Waals surface area contributed by atoms with Gasteiger partial charge in [0.05, 0.1) is 19.4 Å². The lowest BCUT2D eigenvalue weighted by Crippen LogP contribution is -2.18. The summed E-state index contributed by atoms with van der Waals surface area (Å²) in [5, 5.41) is 9.32. The van der Waals surface area contributed by atoms with Crippen LogP contribution in [0, 0.1) is 0 Å². The Balaban J connectivity index is 1.88. The number of carbonyl (C=O) groups excluding carboxylic acids is 1. The number of carbonyl (C=O) groups is 1. The zero-order chi connectivity index (χ0) is 19.1. The zero-order valence-electron chi connectivity index (χ0n) is 14.8. The van der Waals surface area contributed by atoms with Crippen LogP contribution in [0.4, 0.5) is 4.79 Å². The van der Waals surface area contributed by atoms with E-state index in [4.69, 9.17) is 16.3 Å². The summed E-state index contributed by atoms with van der Waals surface area (Å²) >= 11 is 6.26. The highest BCUT2D eigenvalue weighted by molar-refractivity contribution is 6.31. The fraction of sp³-hybridized carbons (Fsp3) is 0.150. The van der Waals surface area contributed by atoms with Gasteiger partial charge in [-0.15, -0.1) is 0 Å². The van der Waals surface area contributed by atoms with Gasteiger partial charge in [-0.3, -0.25) is 4.68 Å². The van der Waals surface area contributed by atoms with Crippen molar-refractivity contribution < 1.29 is 9.53 Å². The lowest BCUT2D eigenvalue weighted by atomic mass is 10.1. The van der Waals surface area contributed by atoms with Crippen molar-refractivity contribution in [2.24, 2.45) is 5.10 Å². The van der Waals surface area contributed by atoms with Crippen LogP contribution >= 0.6 is 11.6 Å². The molecule has 6 nitrogen and oxygen atoms in total. The van der Waals surface area contributed by atoms with Crippen molar-refractivity contribution in [1.82, 2.24) is 15.2 Å². The van der Waals surface area contributed by atoms with E-state index in [2.05, 4.69) is 15.6 Å². The number of amides is 1. The van der Waals surface area contributed by atoms with Crippen molar-refractivity contribution in [2.75, 3.05) is 6.61 Å². The maximum absolute atomic E-state index is 11.4. The van der Waals surface area contributed by atoms with Crippen LogP contribution in [0.1, 0.15) is 18.1 Å². The zero-order valence-corrected chi connectivity index (χ0v) is 15.6. The van der Waals surface area contributed by atoms with Crippen molar-refractivity contribution in [2.45, 2.75) is 13.5 Å². The quantitative estimate of drug-likeness (QED) is 0.509. The summed E-state index contributed by atoms with van der Waals surface area (Å²) in [5.74, 6) is 0. The van der Waals surface area contributed by atoms with Gasteiger partial charge in [0.2, 0.25) is 0 Å². The van der Waals surface area contributed by atoms with E-state index in [1.807, 2.05) is 60.8 Å². The number of hydrogen-bond acceptors (Lipinski definition) is 4. The molecule has 3 aromatic rings. The number of aromatic nitrogens is 2. The van der Waals surface area contributed by atoms with E-state index < -0.39 is 6.09 Å². The monoisotopic (exact) mass is 382 g/mol. The van der Waals surface area contributed by atoms with Gasteiger partial charge < -0.3 is 4.74 Å². The molecule has 0 unspecified atom stereocenters. The van der Waals surface area contributed by atoms with Crippen molar-refractivity contribution in [3.05, 3.63) is 76.9 Å². The van der Waals surface area contributed by atoms with Gasteiger partial charge in [-0.25, -0.2) is 10.2 Å². The highest BCUT2D eigenvalue weighted by Crippen LogP contribution is 2.22. The van der Waals surface area contributed by atoms with Crippen LogP contribution in [-0.2, 0) is 11.3 Å². The third-order valence-electron chi connectivity index (χ3n) is 3.76. The molecule has 138 valence electrons. The molecular formula is C20H19ClN4O2. The SMILES string of the molecule is CCOC(=O)N/N=C\c1cn(Cc2ccccc2Cl)nc1-c1ccccc1. The smallest absolute Gasteiger partial charge is 0.427 e. The Labute approximate surface area is 162 Å². The summed E-state index contributed by atoms with van der Waals surface area (Å²) in [4.78, 5) is 11.4. The summed E-state index contributed by atoms with van der Waals surface area (Å²) in [5.41, 5.74) is 5.78. The van der Waals surface area contributed by atoms with Gasteiger partial charge in [-0.05, 0) is 18.6 Å². The predicted octanol–water partition coefficient (Wildman–Crippen LogP) is 4.33. The van der Waals surface area contributed by atoms with E-state index in [-0.39, 0.29) is 6.61 Å². The molecule has 0 saturated carbocycles. The number of nitrogens with one attached hydrogen (secondary N) is 1. The van der Waals surface area contributed by atoms with E-state index in [1.165, 1.54) is 0 Å². The van der Waals surface area contributed by atoms with Gasteiger partial charge in [0.1, 0.15) is 5.69 Å². The van der Waals surface area contributed by atoms with Crippen LogP contribution < -0.4 is 5.43 Å². The molecule has 0 atom stereocenters.